The van der Waals surface area contributed by atoms with Crippen molar-refractivity contribution in [2.45, 2.75) is 44.7 Å². The average Bonchev–Trinajstić information content (AvgIpc) is 3.00. The van der Waals surface area contributed by atoms with Crippen LogP contribution >= 0.6 is 11.6 Å². The van der Waals surface area contributed by atoms with Crippen molar-refractivity contribution >= 4 is 34.4 Å². The van der Waals surface area contributed by atoms with Gasteiger partial charge in [-0.15, -0.1) is 0 Å². The fourth-order valence-electron chi connectivity index (χ4n) is 4.33. The van der Waals surface area contributed by atoms with E-state index in [4.69, 9.17) is 11.6 Å². The first-order valence-corrected chi connectivity index (χ1v) is 10.3. The fourth-order valence-corrected chi connectivity index (χ4v) is 4.64. The van der Waals surface area contributed by atoms with Crippen LogP contribution in [0.4, 0.5) is 4.39 Å². The molecular weight excluding hydrogens is 407 g/mol. The summed E-state index contributed by atoms with van der Waals surface area (Å²) < 4.78 is 15.7. The molecule has 1 unspecified atom stereocenters. The molecule has 0 fully saturated rings. The molecule has 0 radical (unpaired) electrons. The Labute approximate surface area is 178 Å². The maximum atomic E-state index is 14.0. The van der Waals surface area contributed by atoms with Crippen LogP contribution in [0.25, 0.3) is 10.9 Å². The Morgan fingerprint density at radius 2 is 2.00 bits per heavy atom. The molecule has 0 bridgehead atoms. The molecule has 5 nitrogen and oxygen atoms in total. The van der Waals surface area contributed by atoms with Crippen molar-refractivity contribution < 1.29 is 19.1 Å². The number of carboxylic acid groups (broad SMARTS) is 1. The summed E-state index contributed by atoms with van der Waals surface area (Å²) >= 11 is 6.27. The van der Waals surface area contributed by atoms with Crippen molar-refractivity contribution in [1.82, 2.24) is 9.88 Å². The van der Waals surface area contributed by atoms with E-state index in [1.54, 1.807) is 4.57 Å². The fraction of sp³-hybridized carbons (Fsp3) is 0.304. The van der Waals surface area contributed by atoms with Gasteiger partial charge in [0.2, 0.25) is 5.91 Å². The number of hydrogen-bond acceptors (Lipinski definition) is 2. The minimum absolute atomic E-state index is 0.0224. The Balaban J connectivity index is 1.54. The number of carbonyl (C=O) groups excluding carboxylic acids is 1. The van der Waals surface area contributed by atoms with Gasteiger partial charge in [0.25, 0.3) is 0 Å². The highest BCUT2D eigenvalue weighted by Crippen LogP contribution is 2.36. The van der Waals surface area contributed by atoms with E-state index in [-0.39, 0.29) is 23.5 Å². The summed E-state index contributed by atoms with van der Waals surface area (Å²) in [7, 11) is 0. The van der Waals surface area contributed by atoms with Gasteiger partial charge in [-0.25, -0.2) is 4.39 Å². The van der Waals surface area contributed by atoms with E-state index in [1.807, 2.05) is 30.3 Å². The highest BCUT2D eigenvalue weighted by molar-refractivity contribution is 6.35. The molecule has 30 heavy (non-hydrogen) atoms. The molecule has 1 aromatic heterocycles. The molecule has 156 valence electrons. The lowest BCUT2D eigenvalue weighted by atomic mass is 9.91. The molecule has 2 aromatic carbocycles. The number of aromatic nitrogens is 1. The number of rotatable bonds is 6. The van der Waals surface area contributed by atoms with Crippen LogP contribution in [0.3, 0.4) is 0 Å². The number of nitrogens with zero attached hydrogens (tertiary/aromatic N) is 1. The second kappa shape index (κ2) is 8.48. The van der Waals surface area contributed by atoms with Gasteiger partial charge in [-0.3, -0.25) is 9.59 Å². The molecule has 0 saturated carbocycles. The Bertz CT molecular complexity index is 1110. The highest BCUT2D eigenvalue weighted by atomic mass is 35.5. The van der Waals surface area contributed by atoms with Crippen LogP contribution in [0.15, 0.2) is 42.5 Å². The average molecular weight is 429 g/mol. The Morgan fingerprint density at radius 3 is 2.73 bits per heavy atom. The summed E-state index contributed by atoms with van der Waals surface area (Å²) in [5.41, 5.74) is 3.38. The summed E-state index contributed by atoms with van der Waals surface area (Å²) in [6, 6.07) is 12.4. The number of aryl methyl sites for hydroxylation is 1. The van der Waals surface area contributed by atoms with Crippen LogP contribution < -0.4 is 5.32 Å². The summed E-state index contributed by atoms with van der Waals surface area (Å²) in [6.07, 6.45) is 2.88. The van der Waals surface area contributed by atoms with E-state index < -0.39 is 11.8 Å². The molecule has 2 N–H and O–H groups in total. The second-order valence-corrected chi connectivity index (χ2v) is 8.09. The number of nitrogens with one attached hydrogen (secondary N) is 1. The normalized spacial score (nSPS) is 15.7. The molecule has 4 rings (SSSR count). The van der Waals surface area contributed by atoms with Gasteiger partial charge in [0.15, 0.2) is 0 Å². The lowest BCUT2D eigenvalue weighted by Gasteiger charge is -2.25. The maximum Gasteiger partial charge on any atom is 0.323 e. The smallest absolute Gasteiger partial charge is 0.323 e. The molecule has 7 heteroatoms. The van der Waals surface area contributed by atoms with E-state index in [1.165, 1.54) is 12.1 Å². The quantitative estimate of drug-likeness (QED) is 0.620. The van der Waals surface area contributed by atoms with Gasteiger partial charge in [0.1, 0.15) is 12.4 Å². The third kappa shape index (κ3) is 4.19. The van der Waals surface area contributed by atoms with Gasteiger partial charge in [0, 0.05) is 23.5 Å². The lowest BCUT2D eigenvalue weighted by Crippen LogP contribution is -2.39. The number of carbonyl (C=O) groups is 2. The molecule has 1 aliphatic carbocycles. The Hall–Kier alpha value is -2.86. The molecule has 3 aromatic rings. The molecule has 0 aliphatic heterocycles. The van der Waals surface area contributed by atoms with Gasteiger partial charge >= 0.3 is 5.97 Å². The zero-order chi connectivity index (χ0) is 21.3. The molecule has 1 heterocycles. The van der Waals surface area contributed by atoms with Gasteiger partial charge in [-0.2, -0.15) is 0 Å². The predicted molar refractivity (Wildman–Crippen MR) is 113 cm³/mol. The molecule has 1 aliphatic rings. The summed E-state index contributed by atoms with van der Waals surface area (Å²) in [4.78, 5) is 23.8. The van der Waals surface area contributed by atoms with Crippen molar-refractivity contribution in [1.29, 1.82) is 0 Å². The van der Waals surface area contributed by atoms with Crippen LogP contribution in [0.2, 0.25) is 5.02 Å². The number of benzene rings is 2. The number of fused-ring (bicyclic) bond motifs is 3. The summed E-state index contributed by atoms with van der Waals surface area (Å²) in [5, 5.41) is 13.2. The van der Waals surface area contributed by atoms with Crippen LogP contribution in [-0.2, 0) is 35.4 Å². The van der Waals surface area contributed by atoms with Crippen molar-refractivity contribution in [3.63, 3.8) is 0 Å². The van der Waals surface area contributed by atoms with E-state index in [0.717, 1.165) is 16.8 Å². The first-order chi connectivity index (χ1) is 14.4. The maximum absolute atomic E-state index is 14.0. The zero-order valence-electron chi connectivity index (χ0n) is 16.3. The number of amides is 1. The van der Waals surface area contributed by atoms with Crippen molar-refractivity contribution in [3.8, 4) is 0 Å². The van der Waals surface area contributed by atoms with Crippen molar-refractivity contribution in [3.05, 3.63) is 70.1 Å². The number of halogens is 2. The van der Waals surface area contributed by atoms with Crippen LogP contribution in [-0.4, -0.2) is 27.6 Å². The minimum Gasteiger partial charge on any atom is -0.480 e. The van der Waals surface area contributed by atoms with E-state index in [0.29, 0.717) is 43.0 Å². The van der Waals surface area contributed by atoms with Crippen LogP contribution in [0.5, 0.6) is 0 Å². The van der Waals surface area contributed by atoms with Gasteiger partial charge in [-0.05, 0) is 48.9 Å². The zero-order valence-corrected chi connectivity index (χ0v) is 17.1. The SMILES string of the molecule is O=C(O)Cn1c2c(c3cc(F)cc(Cl)c31)CC(NC(=O)CCc1ccccc1)CC2. The number of carboxylic acids is 1. The largest absolute Gasteiger partial charge is 0.480 e. The first-order valence-electron chi connectivity index (χ1n) is 9.96. The van der Waals surface area contributed by atoms with Crippen LogP contribution in [0, 0.1) is 5.82 Å². The molecule has 1 atom stereocenters. The second-order valence-electron chi connectivity index (χ2n) is 7.68. The van der Waals surface area contributed by atoms with Crippen molar-refractivity contribution in [2.24, 2.45) is 0 Å². The van der Waals surface area contributed by atoms with Crippen molar-refractivity contribution in [2.75, 3.05) is 0 Å². The highest BCUT2D eigenvalue weighted by Gasteiger charge is 2.28. The number of aliphatic carboxylic acids is 1. The van der Waals surface area contributed by atoms with E-state index in [9.17, 15) is 19.1 Å². The first kappa shape index (κ1) is 20.4. The monoisotopic (exact) mass is 428 g/mol. The minimum atomic E-state index is -0.980. The standard InChI is InChI=1S/C23H22ClFN2O3/c24-19-11-15(25)10-18-17-12-16(7-8-20(17)27(23(18)19)13-22(29)30)26-21(28)9-6-14-4-2-1-3-5-14/h1-5,10-11,16H,6-9,12-13H2,(H,26,28)(H,29,30). The molecule has 0 saturated heterocycles. The van der Waals surface area contributed by atoms with E-state index >= 15 is 0 Å². The molecule has 0 spiro atoms. The van der Waals surface area contributed by atoms with Crippen LogP contribution in [0.1, 0.15) is 29.7 Å². The van der Waals surface area contributed by atoms with E-state index in [2.05, 4.69) is 5.32 Å². The lowest BCUT2D eigenvalue weighted by molar-refractivity contribution is -0.137. The van der Waals surface area contributed by atoms with Gasteiger partial charge in [-0.1, -0.05) is 41.9 Å². The molecular formula is C23H22ClFN2O3. The summed E-state index contributed by atoms with van der Waals surface area (Å²) in [6.45, 7) is -0.231. The van der Waals surface area contributed by atoms with Gasteiger partial charge in [0.05, 0.1) is 10.5 Å². The topological polar surface area (TPSA) is 71.3 Å². The third-order valence-electron chi connectivity index (χ3n) is 5.62. The van der Waals surface area contributed by atoms with Gasteiger partial charge < -0.3 is 15.0 Å². The predicted octanol–water partition coefficient (Wildman–Crippen LogP) is 4.12. The molecule has 1 amide bonds. The Morgan fingerprint density at radius 1 is 1.23 bits per heavy atom. The summed E-state index contributed by atoms with van der Waals surface area (Å²) in [5.74, 6) is -1.46. The number of hydrogen-bond donors (Lipinski definition) is 2. The third-order valence-corrected chi connectivity index (χ3v) is 5.91. The Kier molecular flexibility index (Phi) is 5.77.